The summed E-state index contributed by atoms with van der Waals surface area (Å²) in [4.78, 5) is 4.92. The highest BCUT2D eigenvalue weighted by molar-refractivity contribution is 5.83. The van der Waals surface area contributed by atoms with Crippen molar-refractivity contribution in [3.05, 3.63) is 65.6 Å². The fraction of sp³-hybridized carbons (Fsp3) is 0.381. The van der Waals surface area contributed by atoms with E-state index in [2.05, 4.69) is 75.1 Å². The lowest BCUT2D eigenvalue weighted by Crippen LogP contribution is -2.22. The molecule has 0 aliphatic rings. The Balaban J connectivity index is 2.07. The second-order valence-electron chi connectivity index (χ2n) is 8.12. The summed E-state index contributed by atoms with van der Waals surface area (Å²) in [7, 11) is 0. The third-order valence-corrected chi connectivity index (χ3v) is 4.57. The van der Waals surface area contributed by atoms with Crippen LogP contribution in [-0.4, -0.2) is 15.2 Å². The Morgan fingerprint density at radius 2 is 1.67 bits per heavy atom. The molecule has 2 aromatic heterocycles. The number of rotatable bonds is 3. The van der Waals surface area contributed by atoms with Gasteiger partial charge in [-0.1, -0.05) is 52.8 Å². The van der Waals surface area contributed by atoms with Crippen molar-refractivity contribution in [3.8, 4) is 0 Å². The zero-order valence-corrected chi connectivity index (χ0v) is 15.2. The van der Waals surface area contributed by atoms with Gasteiger partial charge in [0.1, 0.15) is 0 Å². The predicted octanol–water partition coefficient (Wildman–Crippen LogP) is 4.84. The SMILES string of the molecule is CC(C)(C)c1cc(CC(C)(C)c2ccnnc2)nc2ccccc12. The van der Waals surface area contributed by atoms with Gasteiger partial charge in [-0.05, 0) is 46.6 Å². The molecule has 0 bridgehead atoms. The van der Waals surface area contributed by atoms with E-state index in [1.165, 1.54) is 16.5 Å². The monoisotopic (exact) mass is 319 g/mol. The Hall–Kier alpha value is -2.29. The maximum absolute atomic E-state index is 4.92. The van der Waals surface area contributed by atoms with Gasteiger partial charge in [-0.3, -0.25) is 4.98 Å². The summed E-state index contributed by atoms with van der Waals surface area (Å²) < 4.78 is 0. The van der Waals surface area contributed by atoms with E-state index in [1.807, 2.05) is 12.3 Å². The molecule has 0 unspecified atom stereocenters. The standard InChI is InChI=1S/C21H25N3/c1-20(2,3)18-12-16(24-19-9-7-6-8-17(18)19)13-21(4,5)15-10-11-22-23-14-15/h6-12,14H,13H2,1-5H3. The fourth-order valence-corrected chi connectivity index (χ4v) is 3.19. The van der Waals surface area contributed by atoms with Crippen LogP contribution in [0.1, 0.15) is 51.4 Å². The van der Waals surface area contributed by atoms with Crippen molar-refractivity contribution < 1.29 is 0 Å². The Bertz CT molecular complexity index is 846. The van der Waals surface area contributed by atoms with E-state index in [-0.39, 0.29) is 10.8 Å². The highest BCUT2D eigenvalue weighted by Crippen LogP contribution is 2.32. The molecule has 0 N–H and O–H groups in total. The smallest absolute Gasteiger partial charge is 0.0708 e. The second kappa shape index (κ2) is 5.97. The summed E-state index contributed by atoms with van der Waals surface area (Å²) in [6, 6.07) is 12.7. The minimum absolute atomic E-state index is 0.0411. The number of hydrogen-bond donors (Lipinski definition) is 0. The molecule has 3 aromatic rings. The normalized spacial score (nSPS) is 12.5. The molecular formula is C21H25N3. The number of hydrogen-bond acceptors (Lipinski definition) is 3. The highest BCUT2D eigenvalue weighted by atomic mass is 15.1. The van der Waals surface area contributed by atoms with Gasteiger partial charge in [0.15, 0.2) is 0 Å². The molecule has 3 heteroatoms. The Kier molecular flexibility index (Phi) is 4.12. The van der Waals surface area contributed by atoms with Crippen LogP contribution < -0.4 is 0 Å². The van der Waals surface area contributed by atoms with Gasteiger partial charge in [0.25, 0.3) is 0 Å². The molecule has 0 fully saturated rings. The van der Waals surface area contributed by atoms with Crippen LogP contribution in [0.15, 0.2) is 48.8 Å². The molecule has 0 amide bonds. The molecule has 0 aliphatic carbocycles. The first-order valence-electron chi connectivity index (χ1n) is 8.44. The van der Waals surface area contributed by atoms with Crippen molar-refractivity contribution in [1.82, 2.24) is 15.2 Å². The van der Waals surface area contributed by atoms with Crippen molar-refractivity contribution in [2.24, 2.45) is 0 Å². The van der Waals surface area contributed by atoms with Crippen molar-refractivity contribution in [2.75, 3.05) is 0 Å². The molecule has 24 heavy (non-hydrogen) atoms. The summed E-state index contributed by atoms with van der Waals surface area (Å²) in [5.74, 6) is 0. The number of fused-ring (bicyclic) bond motifs is 1. The molecule has 0 saturated heterocycles. The first-order chi connectivity index (χ1) is 11.3. The lowest BCUT2D eigenvalue weighted by molar-refractivity contribution is 0.510. The number of benzene rings is 1. The van der Waals surface area contributed by atoms with Gasteiger partial charge in [-0.15, -0.1) is 0 Å². The zero-order valence-electron chi connectivity index (χ0n) is 15.2. The maximum Gasteiger partial charge on any atom is 0.0708 e. The van der Waals surface area contributed by atoms with Crippen LogP contribution in [0, 0.1) is 0 Å². The van der Waals surface area contributed by atoms with Gasteiger partial charge in [-0.2, -0.15) is 10.2 Å². The third-order valence-electron chi connectivity index (χ3n) is 4.57. The van der Waals surface area contributed by atoms with E-state index in [9.17, 15) is 0 Å². The van der Waals surface area contributed by atoms with E-state index in [0.29, 0.717) is 0 Å². The summed E-state index contributed by atoms with van der Waals surface area (Å²) in [6.07, 6.45) is 4.48. The average Bonchev–Trinajstić information content (AvgIpc) is 2.54. The van der Waals surface area contributed by atoms with Crippen LogP contribution in [0.5, 0.6) is 0 Å². The van der Waals surface area contributed by atoms with Gasteiger partial charge >= 0.3 is 0 Å². The Morgan fingerprint density at radius 3 is 2.33 bits per heavy atom. The molecule has 0 aliphatic heterocycles. The van der Waals surface area contributed by atoms with Gasteiger partial charge in [-0.25, -0.2) is 0 Å². The van der Waals surface area contributed by atoms with Crippen LogP contribution in [0.4, 0.5) is 0 Å². The van der Waals surface area contributed by atoms with Crippen LogP contribution in [0.3, 0.4) is 0 Å². The first kappa shape index (κ1) is 16.6. The molecule has 1 aromatic carbocycles. The first-order valence-corrected chi connectivity index (χ1v) is 8.44. The van der Waals surface area contributed by atoms with E-state index in [4.69, 9.17) is 4.98 Å². The number of pyridine rings is 1. The number of nitrogens with zero attached hydrogens (tertiary/aromatic N) is 3. The fourth-order valence-electron chi connectivity index (χ4n) is 3.19. The third kappa shape index (κ3) is 3.30. The van der Waals surface area contributed by atoms with Gasteiger partial charge in [0.2, 0.25) is 0 Å². The molecule has 124 valence electrons. The van der Waals surface area contributed by atoms with E-state index < -0.39 is 0 Å². The second-order valence-corrected chi connectivity index (χ2v) is 8.12. The largest absolute Gasteiger partial charge is 0.253 e. The topological polar surface area (TPSA) is 38.7 Å². The zero-order chi connectivity index (χ0) is 17.4. The Morgan fingerprint density at radius 1 is 0.917 bits per heavy atom. The van der Waals surface area contributed by atoms with Gasteiger partial charge in [0.05, 0.1) is 11.7 Å². The molecule has 0 radical (unpaired) electrons. The van der Waals surface area contributed by atoms with Crippen LogP contribution in [-0.2, 0) is 17.3 Å². The van der Waals surface area contributed by atoms with Crippen molar-refractivity contribution in [3.63, 3.8) is 0 Å². The Labute approximate surface area is 144 Å². The van der Waals surface area contributed by atoms with Crippen molar-refractivity contribution in [1.29, 1.82) is 0 Å². The summed E-state index contributed by atoms with van der Waals surface area (Å²) in [5, 5.41) is 9.16. The predicted molar refractivity (Wildman–Crippen MR) is 99.2 cm³/mol. The van der Waals surface area contributed by atoms with Crippen LogP contribution in [0.25, 0.3) is 10.9 Å². The molecular weight excluding hydrogens is 294 g/mol. The summed E-state index contributed by atoms with van der Waals surface area (Å²) in [6.45, 7) is 11.2. The summed E-state index contributed by atoms with van der Waals surface area (Å²) >= 11 is 0. The minimum atomic E-state index is -0.0411. The van der Waals surface area contributed by atoms with Crippen molar-refractivity contribution in [2.45, 2.75) is 51.9 Å². The van der Waals surface area contributed by atoms with Crippen LogP contribution in [0.2, 0.25) is 0 Å². The average molecular weight is 319 g/mol. The maximum atomic E-state index is 4.92. The molecule has 0 saturated carbocycles. The highest BCUT2D eigenvalue weighted by Gasteiger charge is 2.24. The molecule has 0 atom stereocenters. The number of para-hydroxylation sites is 1. The molecule has 2 heterocycles. The quantitative estimate of drug-likeness (QED) is 0.693. The summed E-state index contributed by atoms with van der Waals surface area (Å²) in [5.41, 5.74) is 4.78. The molecule has 3 rings (SSSR count). The molecule has 3 nitrogen and oxygen atoms in total. The van der Waals surface area contributed by atoms with Gasteiger partial charge < -0.3 is 0 Å². The van der Waals surface area contributed by atoms with E-state index in [1.54, 1.807) is 6.20 Å². The molecule has 0 spiro atoms. The lowest BCUT2D eigenvalue weighted by Gasteiger charge is -2.27. The van der Waals surface area contributed by atoms with E-state index in [0.717, 1.165) is 17.6 Å². The lowest BCUT2D eigenvalue weighted by atomic mass is 9.79. The van der Waals surface area contributed by atoms with Gasteiger partial charge in [0, 0.05) is 17.3 Å². The van der Waals surface area contributed by atoms with Crippen LogP contribution >= 0.6 is 0 Å². The van der Waals surface area contributed by atoms with Crippen molar-refractivity contribution >= 4 is 10.9 Å². The minimum Gasteiger partial charge on any atom is -0.253 e. The number of aromatic nitrogens is 3. The van der Waals surface area contributed by atoms with E-state index >= 15 is 0 Å².